The summed E-state index contributed by atoms with van der Waals surface area (Å²) < 4.78 is 0. The third-order valence-electron chi connectivity index (χ3n) is 4.30. The van der Waals surface area contributed by atoms with Crippen LogP contribution in [0.3, 0.4) is 0 Å². The first-order valence-electron chi connectivity index (χ1n) is 8.03. The topological polar surface area (TPSA) is 3.24 Å². The second kappa shape index (κ2) is 6.10. The summed E-state index contributed by atoms with van der Waals surface area (Å²) in [7, 11) is 2.08. The smallest absolute Gasteiger partial charge is 0.0408 e. The summed E-state index contributed by atoms with van der Waals surface area (Å²) in [6.07, 6.45) is 0. The highest BCUT2D eigenvalue weighted by molar-refractivity contribution is 5.85. The van der Waals surface area contributed by atoms with Crippen molar-refractivity contribution < 1.29 is 0 Å². The second-order valence-corrected chi connectivity index (χ2v) is 5.84. The molecule has 0 radical (unpaired) electrons. The fraction of sp³-hybridized carbons (Fsp3) is 0.0435. The van der Waals surface area contributed by atoms with Crippen molar-refractivity contribution in [2.75, 3.05) is 11.9 Å². The normalized spacial score (nSPS) is 10.4. The molecule has 0 aliphatic rings. The van der Waals surface area contributed by atoms with Crippen LogP contribution in [0, 0.1) is 12.1 Å². The van der Waals surface area contributed by atoms with Crippen molar-refractivity contribution in [3.63, 3.8) is 0 Å². The molecule has 0 saturated heterocycles. The predicted molar refractivity (Wildman–Crippen MR) is 102 cm³/mol. The van der Waals surface area contributed by atoms with E-state index in [0.29, 0.717) is 0 Å². The fourth-order valence-corrected chi connectivity index (χ4v) is 2.88. The Kier molecular flexibility index (Phi) is 3.65. The zero-order valence-electron chi connectivity index (χ0n) is 13.5. The number of fused-ring (bicyclic) bond motifs is 1. The zero-order valence-corrected chi connectivity index (χ0v) is 13.5. The number of rotatable bonds is 3. The van der Waals surface area contributed by atoms with Gasteiger partial charge in [-0.2, -0.15) is 0 Å². The van der Waals surface area contributed by atoms with Gasteiger partial charge in [0.15, 0.2) is 0 Å². The van der Waals surface area contributed by atoms with Crippen LogP contribution < -0.4 is 4.90 Å². The van der Waals surface area contributed by atoms with E-state index in [9.17, 15) is 0 Å². The zero-order chi connectivity index (χ0) is 16.4. The molecule has 4 rings (SSSR count). The number of hydrogen-bond donors (Lipinski definition) is 0. The quantitative estimate of drug-likeness (QED) is 0.457. The molecule has 1 nitrogen and oxygen atoms in total. The van der Waals surface area contributed by atoms with Gasteiger partial charge in [0.25, 0.3) is 0 Å². The molecule has 114 valence electrons. The number of hydrogen-bond acceptors (Lipinski definition) is 1. The maximum Gasteiger partial charge on any atom is 0.0408 e. The summed E-state index contributed by atoms with van der Waals surface area (Å²) in [6.45, 7) is 0. The lowest BCUT2D eigenvalue weighted by atomic mass is 10.0. The van der Waals surface area contributed by atoms with Gasteiger partial charge in [-0.15, -0.1) is 0 Å². The molecule has 0 fully saturated rings. The van der Waals surface area contributed by atoms with Crippen LogP contribution in [-0.2, 0) is 0 Å². The molecule has 0 aliphatic carbocycles. The predicted octanol–water partition coefficient (Wildman–Crippen LogP) is 5.88. The Bertz CT molecular complexity index is 956. The van der Waals surface area contributed by atoms with Crippen LogP contribution in [0.1, 0.15) is 0 Å². The molecular weight excluding hydrogens is 290 g/mol. The fourth-order valence-electron chi connectivity index (χ4n) is 2.88. The lowest BCUT2D eigenvalue weighted by Crippen LogP contribution is -2.08. The molecule has 1 heteroatoms. The summed E-state index contributed by atoms with van der Waals surface area (Å²) in [5.74, 6) is 0. The Labute approximate surface area is 142 Å². The maximum atomic E-state index is 3.27. The van der Waals surface area contributed by atoms with E-state index in [2.05, 4.69) is 96.9 Å². The maximum absolute atomic E-state index is 3.27. The molecule has 0 N–H and O–H groups in total. The van der Waals surface area contributed by atoms with Gasteiger partial charge in [0.1, 0.15) is 0 Å². The van der Waals surface area contributed by atoms with E-state index in [-0.39, 0.29) is 0 Å². The molecule has 0 aromatic heterocycles. The van der Waals surface area contributed by atoms with Crippen molar-refractivity contribution in [1.29, 1.82) is 0 Å². The van der Waals surface area contributed by atoms with E-state index in [0.717, 1.165) is 22.2 Å². The molecule has 4 aromatic rings. The minimum atomic E-state index is 1.07. The van der Waals surface area contributed by atoms with Crippen molar-refractivity contribution in [2.45, 2.75) is 0 Å². The molecular formula is C23H17N. The van der Waals surface area contributed by atoms with E-state index in [1.807, 2.05) is 12.1 Å². The Hall–Kier alpha value is -3.24. The van der Waals surface area contributed by atoms with Crippen LogP contribution in [0.2, 0.25) is 0 Å². The van der Waals surface area contributed by atoms with Crippen LogP contribution >= 0.6 is 0 Å². The van der Waals surface area contributed by atoms with E-state index >= 15 is 0 Å². The molecule has 0 aliphatic heterocycles. The molecule has 0 spiro atoms. The van der Waals surface area contributed by atoms with Crippen LogP contribution in [0.15, 0.2) is 84.9 Å². The van der Waals surface area contributed by atoms with Gasteiger partial charge in [-0.25, -0.2) is 0 Å². The van der Waals surface area contributed by atoms with Gasteiger partial charge in [-0.3, -0.25) is 0 Å². The van der Waals surface area contributed by atoms with Crippen molar-refractivity contribution in [1.82, 2.24) is 0 Å². The lowest BCUT2D eigenvalue weighted by molar-refractivity contribution is 1.21. The summed E-state index contributed by atoms with van der Waals surface area (Å²) >= 11 is 0. The SMILES string of the molecule is CN(c1ccccc1)c1ccc(-c2c#cc3ccccc3c2)cc1. The Morgan fingerprint density at radius 1 is 0.667 bits per heavy atom. The number of benzene rings is 3. The lowest BCUT2D eigenvalue weighted by Gasteiger charge is -2.19. The Morgan fingerprint density at radius 2 is 1.33 bits per heavy atom. The largest absolute Gasteiger partial charge is 0.345 e. The monoisotopic (exact) mass is 307 g/mol. The third kappa shape index (κ3) is 2.71. The van der Waals surface area contributed by atoms with Gasteiger partial charge in [0.2, 0.25) is 0 Å². The Balaban J connectivity index is 1.65. The first kappa shape index (κ1) is 14.4. The highest BCUT2D eigenvalue weighted by atomic mass is 15.1. The van der Waals surface area contributed by atoms with Crippen LogP contribution in [0.25, 0.3) is 21.9 Å². The van der Waals surface area contributed by atoms with Gasteiger partial charge in [-0.05, 0) is 47.3 Å². The molecule has 0 atom stereocenters. The summed E-state index contributed by atoms with van der Waals surface area (Å²) in [5, 5.41) is 2.29. The van der Waals surface area contributed by atoms with Crippen molar-refractivity contribution in [2.24, 2.45) is 0 Å². The van der Waals surface area contributed by atoms with Crippen LogP contribution in [-0.4, -0.2) is 7.05 Å². The summed E-state index contributed by atoms with van der Waals surface area (Å²) in [4.78, 5) is 2.18. The van der Waals surface area contributed by atoms with Gasteiger partial charge in [0, 0.05) is 29.4 Å². The van der Waals surface area contributed by atoms with Crippen molar-refractivity contribution in [3.05, 3.63) is 97.1 Å². The van der Waals surface area contributed by atoms with Crippen molar-refractivity contribution in [3.8, 4) is 11.1 Å². The number of anilines is 2. The number of para-hydroxylation sites is 1. The average molecular weight is 307 g/mol. The third-order valence-corrected chi connectivity index (χ3v) is 4.30. The second-order valence-electron chi connectivity index (χ2n) is 5.84. The van der Waals surface area contributed by atoms with Gasteiger partial charge >= 0.3 is 0 Å². The van der Waals surface area contributed by atoms with Gasteiger partial charge in [0.05, 0.1) is 0 Å². The minimum Gasteiger partial charge on any atom is -0.345 e. The minimum absolute atomic E-state index is 1.07. The van der Waals surface area contributed by atoms with Gasteiger partial charge < -0.3 is 4.90 Å². The molecule has 0 heterocycles. The molecule has 0 bridgehead atoms. The number of nitrogens with zero attached hydrogens (tertiary/aromatic N) is 1. The van der Waals surface area contributed by atoms with E-state index in [4.69, 9.17) is 0 Å². The molecule has 0 saturated carbocycles. The molecule has 4 aromatic carbocycles. The first-order valence-corrected chi connectivity index (χ1v) is 8.03. The molecule has 0 unspecified atom stereocenters. The molecule has 24 heavy (non-hydrogen) atoms. The summed E-state index contributed by atoms with van der Waals surface area (Å²) in [5.41, 5.74) is 4.57. The van der Waals surface area contributed by atoms with Crippen LogP contribution in [0.5, 0.6) is 0 Å². The molecule has 0 amide bonds. The van der Waals surface area contributed by atoms with E-state index < -0.39 is 0 Å². The summed E-state index contributed by atoms with van der Waals surface area (Å²) in [6, 6.07) is 35.9. The van der Waals surface area contributed by atoms with Gasteiger partial charge in [-0.1, -0.05) is 60.7 Å². The first-order chi connectivity index (χ1) is 11.8. The highest BCUT2D eigenvalue weighted by Crippen LogP contribution is 2.27. The standard InChI is InChI=1S/C23H17N/c1-24(22-9-3-2-4-10-22)23-15-13-19(14-16-23)21-12-11-18-7-5-6-8-20(18)17-21/h2-10,13-17H,1H3. The van der Waals surface area contributed by atoms with E-state index in [1.165, 1.54) is 11.1 Å². The Morgan fingerprint density at radius 3 is 2.12 bits per heavy atom. The average Bonchev–Trinajstić information content (AvgIpc) is 2.68. The van der Waals surface area contributed by atoms with E-state index in [1.54, 1.807) is 0 Å². The van der Waals surface area contributed by atoms with Crippen LogP contribution in [0.4, 0.5) is 11.4 Å². The highest BCUT2D eigenvalue weighted by Gasteiger charge is 2.04. The van der Waals surface area contributed by atoms with Crippen molar-refractivity contribution >= 4 is 22.1 Å².